The molecule has 0 aliphatic heterocycles. The van der Waals surface area contributed by atoms with Crippen LogP contribution in [0.1, 0.15) is 0 Å². The van der Waals surface area contributed by atoms with Gasteiger partial charge in [-0.25, -0.2) is 14.4 Å². The molecule has 1 N–H and O–H groups in total. The van der Waals surface area contributed by atoms with Gasteiger partial charge in [-0.15, -0.1) is 11.8 Å². The van der Waals surface area contributed by atoms with E-state index in [0.717, 1.165) is 27.0 Å². The molecule has 3 aromatic rings. The molecule has 0 saturated heterocycles. The molecule has 1 radical (unpaired) electrons. The van der Waals surface area contributed by atoms with Crippen LogP contribution in [0.4, 0.5) is 4.39 Å². The minimum Gasteiger partial charge on any atom is -0.339 e. The summed E-state index contributed by atoms with van der Waals surface area (Å²) in [6.45, 7) is 0. The van der Waals surface area contributed by atoms with Crippen LogP contribution in [-0.2, 0) is 0 Å². The molecule has 0 aliphatic carbocycles. The van der Waals surface area contributed by atoms with Crippen LogP contribution in [0.15, 0.2) is 22.3 Å². The highest BCUT2D eigenvalue weighted by Gasteiger charge is 2.13. The normalized spacial score (nSPS) is 11.5. The van der Waals surface area contributed by atoms with E-state index in [-0.39, 0.29) is 5.82 Å². The summed E-state index contributed by atoms with van der Waals surface area (Å²) in [5, 5.41) is 3.21. The lowest BCUT2D eigenvalue weighted by Gasteiger charge is -2.01. The van der Waals surface area contributed by atoms with Crippen molar-refractivity contribution < 1.29 is 4.39 Å². The van der Waals surface area contributed by atoms with Crippen LogP contribution in [0.2, 0.25) is 0 Å². The maximum atomic E-state index is 13.3. The van der Waals surface area contributed by atoms with Crippen molar-refractivity contribution in [3.05, 3.63) is 24.0 Å². The van der Waals surface area contributed by atoms with Crippen LogP contribution in [0, 0.1) is 11.9 Å². The number of H-pyrrole nitrogens is 1. The summed E-state index contributed by atoms with van der Waals surface area (Å²) in [5.41, 5.74) is 1.49. The minimum atomic E-state index is -0.301. The molecule has 2 heterocycles. The highest BCUT2D eigenvalue weighted by molar-refractivity contribution is 7.99. The highest BCUT2D eigenvalue weighted by Crippen LogP contribution is 2.32. The average molecular weight is 278 g/mol. The van der Waals surface area contributed by atoms with Crippen LogP contribution < -0.4 is 0 Å². The second-order valence-corrected chi connectivity index (χ2v) is 5.24. The lowest BCUT2D eigenvalue weighted by molar-refractivity contribution is 0.629. The molecule has 0 aliphatic rings. The molecule has 6 heteroatoms. The lowest BCUT2D eigenvalue weighted by atomic mass is 10.2. The third-order valence-corrected chi connectivity index (χ3v) is 3.88. The van der Waals surface area contributed by atoms with Crippen molar-refractivity contribution >= 4 is 45.5 Å². The van der Waals surface area contributed by atoms with E-state index in [1.807, 2.05) is 12.5 Å². The number of fused-ring (bicyclic) bond motifs is 3. The zero-order valence-corrected chi connectivity index (χ0v) is 11.4. The Labute approximate surface area is 112 Å². The van der Waals surface area contributed by atoms with Crippen LogP contribution in [0.3, 0.4) is 0 Å². The summed E-state index contributed by atoms with van der Waals surface area (Å²) in [6.07, 6.45) is 3.88. The Morgan fingerprint density at radius 2 is 2.11 bits per heavy atom. The summed E-state index contributed by atoms with van der Waals surface area (Å²) in [6, 6.07) is 5.69. The monoisotopic (exact) mass is 278 g/mol. The molecule has 0 amide bonds. The Bertz CT molecular complexity index is 739. The van der Waals surface area contributed by atoms with Gasteiger partial charge in [0, 0.05) is 11.5 Å². The van der Waals surface area contributed by atoms with E-state index in [0.29, 0.717) is 5.16 Å². The van der Waals surface area contributed by atoms with E-state index in [1.54, 1.807) is 0 Å². The third-order valence-electron chi connectivity index (χ3n) is 2.65. The van der Waals surface area contributed by atoms with Crippen molar-refractivity contribution in [2.45, 2.75) is 10.2 Å². The van der Waals surface area contributed by atoms with Crippen molar-refractivity contribution in [2.75, 3.05) is 12.5 Å². The van der Waals surface area contributed by atoms with E-state index in [4.69, 9.17) is 0 Å². The molecule has 0 fully saturated rings. The number of hydrogen-bond donors (Lipinski definition) is 1. The van der Waals surface area contributed by atoms with Gasteiger partial charge in [-0.1, -0.05) is 11.8 Å². The summed E-state index contributed by atoms with van der Waals surface area (Å²) < 4.78 is 13.3. The Morgan fingerprint density at radius 3 is 2.83 bits per heavy atom. The first kappa shape index (κ1) is 11.8. The largest absolute Gasteiger partial charge is 0.339 e. The Hall–Kier alpha value is -1.27. The van der Waals surface area contributed by atoms with Gasteiger partial charge < -0.3 is 4.98 Å². The van der Waals surface area contributed by atoms with E-state index < -0.39 is 0 Å². The number of halogens is 1. The average Bonchev–Trinajstić information content (AvgIpc) is 2.75. The van der Waals surface area contributed by atoms with Crippen molar-refractivity contribution in [1.82, 2.24) is 15.0 Å². The van der Waals surface area contributed by atoms with Crippen molar-refractivity contribution in [3.8, 4) is 0 Å². The zero-order valence-electron chi connectivity index (χ0n) is 9.74. The van der Waals surface area contributed by atoms with Gasteiger partial charge in [-0.2, -0.15) is 0 Å². The topological polar surface area (TPSA) is 41.6 Å². The first-order valence-corrected chi connectivity index (χ1v) is 7.66. The predicted octanol–water partition coefficient (Wildman–Crippen LogP) is 3.49. The molecule has 0 saturated carbocycles. The number of nitrogens with one attached hydrogen (secondary N) is 1. The van der Waals surface area contributed by atoms with E-state index in [1.165, 1.54) is 35.7 Å². The lowest BCUT2D eigenvalue weighted by Crippen LogP contribution is -1.89. The first-order valence-electron chi connectivity index (χ1n) is 5.21. The summed E-state index contributed by atoms with van der Waals surface area (Å²) >= 11 is 3.02. The Kier molecular flexibility index (Phi) is 2.91. The molecule has 91 valence electrons. The smallest absolute Gasteiger partial charge is 0.190 e. The van der Waals surface area contributed by atoms with E-state index >= 15 is 0 Å². The number of thioether (sulfide) groups is 2. The molecule has 2 aromatic heterocycles. The van der Waals surface area contributed by atoms with Gasteiger partial charge >= 0.3 is 0 Å². The van der Waals surface area contributed by atoms with Crippen LogP contribution in [-0.4, -0.2) is 27.5 Å². The first-order chi connectivity index (χ1) is 8.72. The van der Waals surface area contributed by atoms with Crippen LogP contribution in [0.25, 0.3) is 21.9 Å². The minimum absolute atomic E-state index is 0.301. The Balaban J connectivity index is 2.47. The second-order valence-electron chi connectivity index (χ2n) is 3.67. The number of aromatic amines is 1. The molecule has 0 spiro atoms. The van der Waals surface area contributed by atoms with Gasteiger partial charge in [0.25, 0.3) is 0 Å². The molecule has 3 nitrogen and oxygen atoms in total. The molecular weight excluding hydrogens is 269 g/mol. The van der Waals surface area contributed by atoms with E-state index in [9.17, 15) is 4.39 Å². The molecular formula is C12H9FN3S2. The highest BCUT2D eigenvalue weighted by atomic mass is 32.2. The summed E-state index contributed by atoms with van der Waals surface area (Å²) in [7, 11) is 0. The number of nitrogens with zero attached hydrogens (tertiary/aromatic N) is 2. The fourth-order valence-electron chi connectivity index (χ4n) is 1.88. The van der Waals surface area contributed by atoms with Crippen molar-refractivity contribution in [2.24, 2.45) is 0 Å². The second kappa shape index (κ2) is 4.44. The number of hydrogen-bond acceptors (Lipinski definition) is 4. The van der Waals surface area contributed by atoms with Gasteiger partial charge in [-0.3, -0.25) is 0 Å². The Morgan fingerprint density at radius 1 is 1.28 bits per heavy atom. The van der Waals surface area contributed by atoms with Gasteiger partial charge in [0.1, 0.15) is 16.5 Å². The maximum absolute atomic E-state index is 13.3. The standard InChI is InChI=1S/C12H9FN3S2/c1-17-11-9-7-5-6(13)3-4-8(7)14-10(9)15-12(16-11)18-2/h3,5H,1-2H3,(H,14,15,16). The molecule has 0 bridgehead atoms. The molecule has 0 unspecified atom stereocenters. The van der Waals surface area contributed by atoms with Gasteiger partial charge in [-0.05, 0) is 24.6 Å². The van der Waals surface area contributed by atoms with Crippen LogP contribution in [0.5, 0.6) is 0 Å². The number of aromatic nitrogens is 3. The van der Waals surface area contributed by atoms with E-state index in [2.05, 4.69) is 21.0 Å². The summed E-state index contributed by atoms with van der Waals surface area (Å²) in [4.78, 5) is 12.0. The SMILES string of the molecule is CSc1nc(SC)c2c(n1)[nH]c1[c]cc(F)cc12. The third kappa shape index (κ3) is 1.76. The van der Waals surface area contributed by atoms with Crippen molar-refractivity contribution in [3.63, 3.8) is 0 Å². The fraction of sp³-hybridized carbons (Fsp3) is 0.167. The predicted molar refractivity (Wildman–Crippen MR) is 73.8 cm³/mol. The van der Waals surface area contributed by atoms with Gasteiger partial charge in [0.05, 0.1) is 10.9 Å². The molecule has 18 heavy (non-hydrogen) atoms. The molecule has 3 rings (SSSR count). The zero-order chi connectivity index (χ0) is 12.7. The molecule has 0 atom stereocenters. The van der Waals surface area contributed by atoms with Gasteiger partial charge in [0.2, 0.25) is 0 Å². The van der Waals surface area contributed by atoms with Gasteiger partial charge in [0.15, 0.2) is 5.16 Å². The molecule has 1 aromatic carbocycles. The van der Waals surface area contributed by atoms with Crippen molar-refractivity contribution in [1.29, 1.82) is 0 Å². The number of benzene rings is 1. The van der Waals surface area contributed by atoms with Crippen LogP contribution >= 0.6 is 23.5 Å². The fourth-order valence-corrected chi connectivity index (χ4v) is 2.89. The number of rotatable bonds is 2. The summed E-state index contributed by atoms with van der Waals surface area (Å²) in [5.74, 6) is -0.301. The quantitative estimate of drug-likeness (QED) is 0.442. The maximum Gasteiger partial charge on any atom is 0.190 e.